The standard InChI is InChI=1S/C6H13P/c1-2-5-3-6(7)4-5/h5-6H,2-4,7H2,1H3. The normalized spacial score (nSPS) is 40.3. The minimum absolute atomic E-state index is 0.963. The lowest BCUT2D eigenvalue weighted by Crippen LogP contribution is -2.22. The van der Waals surface area contributed by atoms with Crippen LogP contribution in [0, 0.1) is 5.92 Å². The zero-order valence-electron chi connectivity index (χ0n) is 4.85. The first-order valence-corrected chi connectivity index (χ1v) is 3.75. The predicted molar refractivity (Wildman–Crippen MR) is 36.5 cm³/mol. The van der Waals surface area contributed by atoms with Crippen molar-refractivity contribution in [2.24, 2.45) is 5.92 Å². The van der Waals surface area contributed by atoms with Gasteiger partial charge in [-0.2, -0.15) is 0 Å². The Hall–Kier alpha value is 0.430. The summed E-state index contributed by atoms with van der Waals surface area (Å²) in [6.07, 6.45) is 4.31. The number of hydrogen-bond acceptors (Lipinski definition) is 0. The monoisotopic (exact) mass is 116 g/mol. The fraction of sp³-hybridized carbons (Fsp3) is 1.00. The molecule has 7 heavy (non-hydrogen) atoms. The lowest BCUT2D eigenvalue weighted by Gasteiger charge is -2.31. The maximum atomic E-state index is 2.87. The van der Waals surface area contributed by atoms with Crippen LogP contribution in [0.1, 0.15) is 26.2 Å². The van der Waals surface area contributed by atoms with E-state index in [4.69, 9.17) is 0 Å². The molecule has 1 atom stereocenters. The summed E-state index contributed by atoms with van der Waals surface area (Å²) < 4.78 is 0. The predicted octanol–water partition coefficient (Wildman–Crippen LogP) is 2.05. The number of rotatable bonds is 1. The van der Waals surface area contributed by atoms with Gasteiger partial charge in [-0.15, -0.1) is 9.24 Å². The summed E-state index contributed by atoms with van der Waals surface area (Å²) >= 11 is 0. The molecule has 1 saturated carbocycles. The second kappa shape index (κ2) is 2.13. The molecule has 0 nitrogen and oxygen atoms in total. The van der Waals surface area contributed by atoms with Crippen molar-refractivity contribution in [3.8, 4) is 0 Å². The second-order valence-corrected chi connectivity index (χ2v) is 3.45. The first-order valence-electron chi connectivity index (χ1n) is 3.08. The van der Waals surface area contributed by atoms with Crippen molar-refractivity contribution < 1.29 is 0 Å². The van der Waals surface area contributed by atoms with E-state index in [0.29, 0.717) is 0 Å². The van der Waals surface area contributed by atoms with Crippen molar-refractivity contribution in [2.45, 2.75) is 31.8 Å². The molecule has 1 aliphatic rings. The SMILES string of the molecule is CCC1CC(P)C1. The Kier molecular flexibility index (Phi) is 1.69. The highest BCUT2D eigenvalue weighted by atomic mass is 31.0. The first kappa shape index (κ1) is 5.56. The molecule has 0 amide bonds. The molecule has 1 fully saturated rings. The van der Waals surface area contributed by atoms with Crippen molar-refractivity contribution in [3.63, 3.8) is 0 Å². The minimum atomic E-state index is 0.963. The van der Waals surface area contributed by atoms with Crippen LogP contribution in [-0.2, 0) is 0 Å². The molecule has 0 aromatic carbocycles. The Morgan fingerprint density at radius 3 is 2.29 bits per heavy atom. The highest BCUT2D eigenvalue weighted by Crippen LogP contribution is 2.35. The molecule has 1 rings (SSSR count). The van der Waals surface area contributed by atoms with Gasteiger partial charge in [-0.1, -0.05) is 13.3 Å². The summed E-state index contributed by atoms with van der Waals surface area (Å²) in [6.45, 7) is 2.28. The fourth-order valence-electron chi connectivity index (χ4n) is 1.12. The topological polar surface area (TPSA) is 0 Å². The molecule has 0 radical (unpaired) electrons. The zero-order chi connectivity index (χ0) is 5.28. The van der Waals surface area contributed by atoms with E-state index in [9.17, 15) is 0 Å². The molecule has 0 saturated heterocycles. The van der Waals surface area contributed by atoms with E-state index in [0.717, 1.165) is 11.6 Å². The molecule has 1 heteroatoms. The maximum Gasteiger partial charge on any atom is -0.0259 e. The average molecular weight is 116 g/mol. The van der Waals surface area contributed by atoms with Crippen LogP contribution in [0.3, 0.4) is 0 Å². The molecule has 0 heterocycles. The molecule has 1 aliphatic carbocycles. The van der Waals surface area contributed by atoms with Crippen LogP contribution in [0.5, 0.6) is 0 Å². The van der Waals surface area contributed by atoms with Gasteiger partial charge in [0.05, 0.1) is 0 Å². The van der Waals surface area contributed by atoms with Crippen LogP contribution in [0.25, 0.3) is 0 Å². The third-order valence-corrected chi connectivity index (χ3v) is 2.39. The van der Waals surface area contributed by atoms with Gasteiger partial charge in [0.15, 0.2) is 0 Å². The van der Waals surface area contributed by atoms with E-state index in [-0.39, 0.29) is 0 Å². The Balaban J connectivity index is 2.06. The van der Waals surface area contributed by atoms with Crippen molar-refractivity contribution in [1.82, 2.24) is 0 Å². The largest absolute Gasteiger partial charge is 0.134 e. The second-order valence-electron chi connectivity index (χ2n) is 2.51. The quantitative estimate of drug-likeness (QED) is 0.460. The van der Waals surface area contributed by atoms with Crippen molar-refractivity contribution >= 4 is 9.24 Å². The van der Waals surface area contributed by atoms with Gasteiger partial charge in [-0.25, -0.2) is 0 Å². The van der Waals surface area contributed by atoms with Crippen LogP contribution in [0.15, 0.2) is 0 Å². The highest BCUT2D eigenvalue weighted by Gasteiger charge is 2.22. The average Bonchev–Trinajstić information content (AvgIpc) is 1.58. The van der Waals surface area contributed by atoms with Crippen molar-refractivity contribution in [2.75, 3.05) is 0 Å². The van der Waals surface area contributed by atoms with Gasteiger partial charge < -0.3 is 0 Å². The molecule has 0 spiro atoms. The van der Waals surface area contributed by atoms with Crippen molar-refractivity contribution in [1.29, 1.82) is 0 Å². The van der Waals surface area contributed by atoms with Crippen LogP contribution in [0.2, 0.25) is 0 Å². The summed E-state index contributed by atoms with van der Waals surface area (Å²) in [5.74, 6) is 1.07. The molecule has 0 N–H and O–H groups in total. The Labute approximate surface area is 47.9 Å². The van der Waals surface area contributed by atoms with Gasteiger partial charge in [0.25, 0.3) is 0 Å². The molecule has 0 aromatic rings. The summed E-state index contributed by atoms with van der Waals surface area (Å²) in [5, 5.41) is 0. The first-order chi connectivity index (χ1) is 3.33. The molecule has 1 unspecified atom stereocenters. The Bertz CT molecular complexity index is 55.2. The lowest BCUT2D eigenvalue weighted by molar-refractivity contribution is 0.319. The van der Waals surface area contributed by atoms with Crippen molar-refractivity contribution in [3.05, 3.63) is 0 Å². The summed E-state index contributed by atoms with van der Waals surface area (Å²) in [7, 11) is 2.87. The van der Waals surface area contributed by atoms with Gasteiger partial charge in [-0.05, 0) is 24.4 Å². The third kappa shape index (κ3) is 1.16. The molecular formula is C6H13P. The van der Waals surface area contributed by atoms with Gasteiger partial charge in [0, 0.05) is 0 Å². The minimum Gasteiger partial charge on any atom is -0.134 e. The molecule has 0 aliphatic heterocycles. The summed E-state index contributed by atoms with van der Waals surface area (Å²) in [6, 6.07) is 0. The van der Waals surface area contributed by atoms with E-state index in [1.54, 1.807) is 0 Å². The summed E-state index contributed by atoms with van der Waals surface area (Å²) in [5.41, 5.74) is 0.963. The Morgan fingerprint density at radius 1 is 1.57 bits per heavy atom. The number of hydrogen-bond donors (Lipinski definition) is 0. The molecule has 42 valence electrons. The molecule has 0 bridgehead atoms. The van der Waals surface area contributed by atoms with E-state index in [1.165, 1.54) is 19.3 Å². The van der Waals surface area contributed by atoms with Gasteiger partial charge >= 0.3 is 0 Å². The third-order valence-electron chi connectivity index (χ3n) is 1.85. The molecular weight excluding hydrogens is 103 g/mol. The fourth-order valence-corrected chi connectivity index (χ4v) is 1.89. The lowest BCUT2D eigenvalue weighted by atomic mass is 9.83. The van der Waals surface area contributed by atoms with E-state index in [2.05, 4.69) is 16.2 Å². The maximum absolute atomic E-state index is 2.87. The smallest absolute Gasteiger partial charge is 0.0259 e. The summed E-state index contributed by atoms with van der Waals surface area (Å²) in [4.78, 5) is 0. The van der Waals surface area contributed by atoms with Gasteiger partial charge in [0.1, 0.15) is 0 Å². The van der Waals surface area contributed by atoms with Crippen LogP contribution < -0.4 is 0 Å². The van der Waals surface area contributed by atoms with E-state index in [1.807, 2.05) is 0 Å². The van der Waals surface area contributed by atoms with Gasteiger partial charge in [-0.3, -0.25) is 0 Å². The van der Waals surface area contributed by atoms with E-state index >= 15 is 0 Å². The zero-order valence-corrected chi connectivity index (χ0v) is 6.01. The van der Waals surface area contributed by atoms with E-state index < -0.39 is 0 Å². The Morgan fingerprint density at radius 2 is 2.14 bits per heavy atom. The van der Waals surface area contributed by atoms with Crippen LogP contribution >= 0.6 is 9.24 Å². The highest BCUT2D eigenvalue weighted by molar-refractivity contribution is 7.17. The van der Waals surface area contributed by atoms with Crippen LogP contribution in [-0.4, -0.2) is 5.66 Å². The molecule has 0 aromatic heterocycles. The van der Waals surface area contributed by atoms with Gasteiger partial charge in [0.2, 0.25) is 0 Å². The van der Waals surface area contributed by atoms with Crippen LogP contribution in [0.4, 0.5) is 0 Å².